The molecule has 3 heterocycles. The highest BCUT2D eigenvalue weighted by molar-refractivity contribution is 7.89. The zero-order valence-electron chi connectivity index (χ0n) is 17.6. The summed E-state index contributed by atoms with van der Waals surface area (Å²) in [5.41, 5.74) is 0.250. The molecule has 1 fully saturated rings. The van der Waals surface area contributed by atoms with Gasteiger partial charge in [0.25, 0.3) is 0 Å². The molecular weight excluding hydrogens is 410 g/mol. The SMILES string of the molecule is Cc1noc(C)c1S(=O)(=O)N1CCC(C(=O)NC(c2cccs2)C(C)(C)C)CC1. The lowest BCUT2D eigenvalue weighted by molar-refractivity contribution is -0.127. The van der Waals surface area contributed by atoms with Gasteiger partial charge in [-0.15, -0.1) is 11.3 Å². The Bertz CT molecular complexity index is 931. The van der Waals surface area contributed by atoms with Gasteiger partial charge in [0, 0.05) is 23.9 Å². The first kappa shape index (κ1) is 22.0. The van der Waals surface area contributed by atoms with Crippen LogP contribution in [0.15, 0.2) is 26.9 Å². The van der Waals surface area contributed by atoms with Crippen molar-refractivity contribution in [2.75, 3.05) is 13.1 Å². The molecule has 9 heteroatoms. The summed E-state index contributed by atoms with van der Waals surface area (Å²) in [5.74, 6) is 0.0926. The van der Waals surface area contributed by atoms with Crippen LogP contribution in [0.1, 0.15) is 56.0 Å². The van der Waals surface area contributed by atoms with Crippen LogP contribution in [-0.4, -0.2) is 36.9 Å². The average Bonchev–Trinajstić information content (AvgIpc) is 3.28. The fourth-order valence-electron chi connectivity index (χ4n) is 3.76. The van der Waals surface area contributed by atoms with Gasteiger partial charge in [0.15, 0.2) is 5.76 Å². The number of aromatic nitrogens is 1. The molecule has 0 aliphatic carbocycles. The molecule has 1 amide bonds. The van der Waals surface area contributed by atoms with E-state index in [2.05, 4.69) is 31.2 Å². The highest BCUT2D eigenvalue weighted by atomic mass is 32.2. The fraction of sp³-hybridized carbons (Fsp3) is 0.600. The van der Waals surface area contributed by atoms with E-state index in [1.165, 1.54) is 4.31 Å². The third kappa shape index (κ3) is 4.57. The molecule has 2 aromatic heterocycles. The van der Waals surface area contributed by atoms with E-state index < -0.39 is 10.0 Å². The van der Waals surface area contributed by atoms with Crippen molar-refractivity contribution in [2.45, 2.75) is 58.4 Å². The molecule has 1 aliphatic rings. The molecule has 0 spiro atoms. The van der Waals surface area contributed by atoms with Crippen molar-refractivity contribution < 1.29 is 17.7 Å². The maximum atomic E-state index is 13.0. The Kier molecular flexibility index (Phi) is 6.21. The minimum Gasteiger partial charge on any atom is -0.360 e. The Morgan fingerprint density at radius 1 is 1.31 bits per heavy atom. The highest BCUT2D eigenvalue weighted by Crippen LogP contribution is 2.36. The molecule has 3 rings (SSSR count). The number of hydrogen-bond acceptors (Lipinski definition) is 6. The van der Waals surface area contributed by atoms with Crippen LogP contribution in [0.3, 0.4) is 0 Å². The maximum absolute atomic E-state index is 13.0. The van der Waals surface area contributed by atoms with Crippen LogP contribution < -0.4 is 5.32 Å². The molecular formula is C20H29N3O4S2. The van der Waals surface area contributed by atoms with E-state index in [1.807, 2.05) is 17.5 Å². The number of carbonyl (C=O) groups is 1. The molecule has 0 saturated carbocycles. The third-order valence-corrected chi connectivity index (χ3v) is 8.45. The van der Waals surface area contributed by atoms with Gasteiger partial charge in [-0.25, -0.2) is 8.42 Å². The van der Waals surface area contributed by atoms with Crippen LogP contribution in [-0.2, 0) is 14.8 Å². The first-order valence-electron chi connectivity index (χ1n) is 9.78. The van der Waals surface area contributed by atoms with Crippen molar-refractivity contribution in [3.63, 3.8) is 0 Å². The lowest BCUT2D eigenvalue weighted by Gasteiger charge is -2.34. The van der Waals surface area contributed by atoms with Crippen molar-refractivity contribution in [3.8, 4) is 0 Å². The molecule has 0 aromatic carbocycles. The summed E-state index contributed by atoms with van der Waals surface area (Å²) in [6.07, 6.45) is 0.992. The molecule has 2 aromatic rings. The maximum Gasteiger partial charge on any atom is 0.248 e. The summed E-state index contributed by atoms with van der Waals surface area (Å²) in [7, 11) is -3.66. The number of amides is 1. The van der Waals surface area contributed by atoms with E-state index in [1.54, 1.807) is 25.2 Å². The molecule has 1 saturated heterocycles. The molecule has 1 N–H and O–H groups in total. The van der Waals surface area contributed by atoms with Crippen LogP contribution in [0.4, 0.5) is 0 Å². The summed E-state index contributed by atoms with van der Waals surface area (Å²) >= 11 is 1.63. The van der Waals surface area contributed by atoms with Crippen LogP contribution in [0.2, 0.25) is 0 Å². The fourth-order valence-corrected chi connectivity index (χ4v) is 6.54. The van der Waals surface area contributed by atoms with Crippen LogP contribution in [0, 0.1) is 25.2 Å². The molecule has 1 unspecified atom stereocenters. The zero-order chi connectivity index (χ0) is 21.4. The summed E-state index contributed by atoms with van der Waals surface area (Å²) in [4.78, 5) is 14.2. The quantitative estimate of drug-likeness (QED) is 0.767. The topological polar surface area (TPSA) is 92.5 Å². The number of nitrogens with one attached hydrogen (secondary N) is 1. The average molecular weight is 440 g/mol. The van der Waals surface area contributed by atoms with Crippen molar-refractivity contribution in [1.29, 1.82) is 0 Å². The van der Waals surface area contributed by atoms with E-state index in [0.717, 1.165) is 4.88 Å². The number of aryl methyl sites for hydroxylation is 2. The second-order valence-corrected chi connectivity index (χ2v) is 11.5. The van der Waals surface area contributed by atoms with Gasteiger partial charge in [0.2, 0.25) is 15.9 Å². The van der Waals surface area contributed by atoms with Crippen LogP contribution >= 0.6 is 11.3 Å². The lowest BCUT2D eigenvalue weighted by atomic mass is 9.85. The van der Waals surface area contributed by atoms with E-state index >= 15 is 0 Å². The Morgan fingerprint density at radius 3 is 2.45 bits per heavy atom. The Morgan fingerprint density at radius 2 is 1.97 bits per heavy atom. The van der Waals surface area contributed by atoms with E-state index in [9.17, 15) is 13.2 Å². The zero-order valence-corrected chi connectivity index (χ0v) is 19.2. The summed E-state index contributed by atoms with van der Waals surface area (Å²) < 4.78 is 32.4. The normalized spacial score (nSPS) is 18.0. The predicted octanol–water partition coefficient (Wildman–Crippen LogP) is 3.66. The van der Waals surface area contributed by atoms with E-state index in [0.29, 0.717) is 37.4 Å². The minimum atomic E-state index is -3.66. The Labute approximate surface area is 176 Å². The van der Waals surface area contributed by atoms with Crippen molar-refractivity contribution in [3.05, 3.63) is 33.8 Å². The lowest BCUT2D eigenvalue weighted by Crippen LogP contribution is -2.45. The molecule has 0 bridgehead atoms. The number of thiophene rings is 1. The van der Waals surface area contributed by atoms with Crippen molar-refractivity contribution in [2.24, 2.45) is 11.3 Å². The highest BCUT2D eigenvalue weighted by Gasteiger charge is 2.37. The van der Waals surface area contributed by atoms with E-state index in [-0.39, 0.29) is 28.2 Å². The van der Waals surface area contributed by atoms with Crippen LogP contribution in [0.25, 0.3) is 0 Å². The minimum absolute atomic E-state index is 0.00675. The van der Waals surface area contributed by atoms with Gasteiger partial charge < -0.3 is 9.84 Å². The van der Waals surface area contributed by atoms with E-state index in [4.69, 9.17) is 4.52 Å². The summed E-state index contributed by atoms with van der Waals surface area (Å²) in [6.45, 7) is 10.2. The van der Waals surface area contributed by atoms with Gasteiger partial charge in [-0.1, -0.05) is 32.0 Å². The standard InChI is InChI=1S/C20H29N3O4S2/c1-13-17(14(2)27-22-13)29(25,26)23-10-8-15(9-11-23)19(24)21-18(20(3,4)5)16-7-6-12-28-16/h6-7,12,15,18H,8-11H2,1-5H3,(H,21,24). The number of hydrogen-bond donors (Lipinski definition) is 1. The Hall–Kier alpha value is -1.71. The summed E-state index contributed by atoms with van der Waals surface area (Å²) in [6, 6.07) is 3.96. The molecule has 0 radical (unpaired) electrons. The Balaban J connectivity index is 1.67. The number of sulfonamides is 1. The second kappa shape index (κ2) is 8.20. The van der Waals surface area contributed by atoms with Crippen molar-refractivity contribution >= 4 is 27.3 Å². The molecule has 1 aliphatic heterocycles. The molecule has 7 nitrogen and oxygen atoms in total. The molecule has 160 valence electrons. The largest absolute Gasteiger partial charge is 0.360 e. The van der Waals surface area contributed by atoms with Gasteiger partial charge in [0.1, 0.15) is 10.6 Å². The van der Waals surface area contributed by atoms with Crippen LogP contribution in [0.5, 0.6) is 0 Å². The molecule has 29 heavy (non-hydrogen) atoms. The van der Waals surface area contributed by atoms with Gasteiger partial charge >= 0.3 is 0 Å². The smallest absolute Gasteiger partial charge is 0.248 e. The first-order chi connectivity index (χ1) is 13.5. The van der Waals surface area contributed by atoms with Gasteiger partial charge in [0.05, 0.1) is 6.04 Å². The monoisotopic (exact) mass is 439 g/mol. The van der Waals surface area contributed by atoms with Crippen molar-refractivity contribution in [1.82, 2.24) is 14.8 Å². The number of piperidine rings is 1. The van der Waals surface area contributed by atoms with Gasteiger partial charge in [-0.05, 0) is 43.6 Å². The second-order valence-electron chi connectivity index (χ2n) is 8.65. The van der Waals surface area contributed by atoms with Gasteiger partial charge in [-0.2, -0.15) is 4.31 Å². The van der Waals surface area contributed by atoms with Gasteiger partial charge in [-0.3, -0.25) is 4.79 Å². The number of carbonyl (C=O) groups excluding carboxylic acids is 1. The number of nitrogens with zero attached hydrogens (tertiary/aromatic N) is 2. The molecule has 1 atom stereocenters. The first-order valence-corrected chi connectivity index (χ1v) is 12.1. The number of rotatable bonds is 5. The third-order valence-electron chi connectivity index (χ3n) is 5.37. The predicted molar refractivity (Wildman–Crippen MR) is 112 cm³/mol. The summed E-state index contributed by atoms with van der Waals surface area (Å²) in [5, 5.41) is 8.98.